The van der Waals surface area contributed by atoms with Gasteiger partial charge in [0, 0.05) is 61.8 Å². The fraction of sp³-hybridized carbons (Fsp3) is 0.344. The van der Waals surface area contributed by atoms with E-state index in [2.05, 4.69) is 57.6 Å². The lowest BCUT2D eigenvalue weighted by atomic mass is 9.85. The Hall–Kier alpha value is -3.52. The summed E-state index contributed by atoms with van der Waals surface area (Å²) >= 11 is 6.12. The third kappa shape index (κ3) is 4.62. The molecular formula is C32H31ClN4O3. The molecule has 0 aromatic heterocycles. The third-order valence-corrected chi connectivity index (χ3v) is 9.19. The summed E-state index contributed by atoms with van der Waals surface area (Å²) in [6.07, 6.45) is 1.89. The van der Waals surface area contributed by atoms with Gasteiger partial charge < -0.3 is 4.90 Å². The monoisotopic (exact) mass is 554 g/mol. The Balaban J connectivity index is 0.994. The number of fused-ring (bicyclic) bond motifs is 3. The molecule has 4 saturated heterocycles. The topological polar surface area (TPSA) is 73.0 Å². The van der Waals surface area contributed by atoms with Crippen molar-refractivity contribution in [1.29, 1.82) is 0 Å². The van der Waals surface area contributed by atoms with Crippen molar-refractivity contribution in [1.82, 2.24) is 20.0 Å². The van der Waals surface area contributed by atoms with E-state index >= 15 is 0 Å². The highest BCUT2D eigenvalue weighted by atomic mass is 35.5. The van der Waals surface area contributed by atoms with Crippen molar-refractivity contribution in [3.05, 3.63) is 94.0 Å². The van der Waals surface area contributed by atoms with Crippen LogP contribution in [0.15, 0.2) is 66.7 Å². The van der Waals surface area contributed by atoms with Gasteiger partial charge in [-0.2, -0.15) is 0 Å². The predicted molar refractivity (Wildman–Crippen MR) is 152 cm³/mol. The van der Waals surface area contributed by atoms with Gasteiger partial charge in [-0.15, -0.1) is 0 Å². The SMILES string of the molecule is O=C1CCC(N2Cc3cc(CN4CC5CC(C4)N5Cc4ccccc4-c4ccc(Cl)cc4)ccc3C2=O)C(=O)N1. The van der Waals surface area contributed by atoms with E-state index in [0.717, 1.165) is 36.8 Å². The van der Waals surface area contributed by atoms with Crippen molar-refractivity contribution in [2.45, 2.75) is 57.0 Å². The summed E-state index contributed by atoms with van der Waals surface area (Å²) in [4.78, 5) is 43.7. The molecule has 3 aromatic rings. The number of carbonyl (C=O) groups excluding carboxylic acids is 3. The fourth-order valence-corrected chi connectivity index (χ4v) is 7.04. The molecule has 40 heavy (non-hydrogen) atoms. The number of nitrogens with one attached hydrogen (secondary N) is 1. The third-order valence-electron chi connectivity index (χ3n) is 8.94. The van der Waals surface area contributed by atoms with Crippen LogP contribution in [0, 0.1) is 0 Å². The van der Waals surface area contributed by atoms with Crippen molar-refractivity contribution in [2.24, 2.45) is 0 Å². The van der Waals surface area contributed by atoms with E-state index in [4.69, 9.17) is 11.6 Å². The van der Waals surface area contributed by atoms with Crippen LogP contribution in [0.3, 0.4) is 0 Å². The lowest BCUT2D eigenvalue weighted by Gasteiger charge is -2.56. The largest absolute Gasteiger partial charge is 0.322 e. The summed E-state index contributed by atoms with van der Waals surface area (Å²) in [7, 11) is 0. The highest BCUT2D eigenvalue weighted by molar-refractivity contribution is 6.30. The number of hydrogen-bond donors (Lipinski definition) is 1. The maximum absolute atomic E-state index is 13.0. The molecule has 0 spiro atoms. The molecule has 5 aliphatic rings. The standard InChI is InChI=1S/C32H31ClN4O3/c33-24-8-6-21(7-9-24)27-4-2-1-3-22(27)16-36-25-14-26(36)19-35(18-25)15-20-5-10-28-23(13-20)17-37(32(28)40)29-11-12-30(38)34-31(29)39/h1-10,13,25-26,29H,11-12,14-19H2,(H,34,38,39). The first kappa shape index (κ1) is 25.4. The Morgan fingerprint density at radius 1 is 0.875 bits per heavy atom. The molecule has 1 N–H and O–H groups in total. The molecule has 204 valence electrons. The average molecular weight is 555 g/mol. The summed E-state index contributed by atoms with van der Waals surface area (Å²) < 4.78 is 0. The van der Waals surface area contributed by atoms with Crippen LogP contribution in [0.4, 0.5) is 0 Å². The molecular weight excluding hydrogens is 524 g/mol. The molecule has 8 heteroatoms. The van der Waals surface area contributed by atoms with Crippen molar-refractivity contribution in [3.63, 3.8) is 0 Å². The highest BCUT2D eigenvalue weighted by Crippen LogP contribution is 2.37. The molecule has 2 bridgehead atoms. The van der Waals surface area contributed by atoms with Gasteiger partial charge in [-0.05, 0) is 58.9 Å². The second-order valence-electron chi connectivity index (χ2n) is 11.5. The second-order valence-corrected chi connectivity index (χ2v) is 11.9. The zero-order valence-corrected chi connectivity index (χ0v) is 22.9. The number of piperazine rings is 1. The Morgan fingerprint density at radius 2 is 1.65 bits per heavy atom. The van der Waals surface area contributed by atoms with E-state index in [1.807, 2.05) is 24.3 Å². The smallest absolute Gasteiger partial charge is 0.255 e. The number of piperidine rings is 2. The van der Waals surface area contributed by atoms with Crippen molar-refractivity contribution < 1.29 is 14.4 Å². The van der Waals surface area contributed by atoms with Crippen LogP contribution in [-0.4, -0.2) is 63.6 Å². The number of carbonyl (C=O) groups is 3. The lowest BCUT2D eigenvalue weighted by Crippen LogP contribution is -2.67. The van der Waals surface area contributed by atoms with E-state index in [1.54, 1.807) is 4.90 Å². The Morgan fingerprint density at radius 3 is 2.42 bits per heavy atom. The Labute approximate surface area is 238 Å². The summed E-state index contributed by atoms with van der Waals surface area (Å²) in [5, 5.41) is 3.12. The maximum Gasteiger partial charge on any atom is 0.255 e. The number of imide groups is 1. The van der Waals surface area contributed by atoms with Crippen LogP contribution in [-0.2, 0) is 29.2 Å². The first-order chi connectivity index (χ1) is 19.4. The number of nitrogens with zero attached hydrogens (tertiary/aromatic N) is 3. The molecule has 0 saturated carbocycles. The van der Waals surface area contributed by atoms with Gasteiger partial charge in [-0.1, -0.05) is 60.1 Å². The number of halogens is 1. The summed E-state index contributed by atoms with van der Waals surface area (Å²) in [5.41, 5.74) is 6.63. The van der Waals surface area contributed by atoms with Crippen LogP contribution < -0.4 is 5.32 Å². The number of amides is 3. The minimum Gasteiger partial charge on any atom is -0.322 e. The number of rotatable bonds is 6. The quantitative estimate of drug-likeness (QED) is 0.462. The second kappa shape index (κ2) is 10.1. The highest BCUT2D eigenvalue weighted by Gasteiger charge is 2.44. The van der Waals surface area contributed by atoms with Crippen LogP contribution in [0.1, 0.15) is 46.3 Å². The average Bonchev–Trinajstić information content (AvgIpc) is 3.27. The Kier molecular flexibility index (Phi) is 6.45. The van der Waals surface area contributed by atoms with Crippen LogP contribution in [0.25, 0.3) is 11.1 Å². The predicted octanol–water partition coefficient (Wildman–Crippen LogP) is 4.23. The van der Waals surface area contributed by atoms with Crippen LogP contribution in [0.2, 0.25) is 5.02 Å². The van der Waals surface area contributed by atoms with Gasteiger partial charge in [0.15, 0.2) is 0 Å². The van der Waals surface area contributed by atoms with E-state index < -0.39 is 6.04 Å². The summed E-state index contributed by atoms with van der Waals surface area (Å²) in [6.45, 7) is 4.26. The van der Waals surface area contributed by atoms with E-state index in [0.29, 0.717) is 30.6 Å². The maximum atomic E-state index is 13.0. The van der Waals surface area contributed by atoms with Crippen LogP contribution >= 0.6 is 11.6 Å². The molecule has 3 unspecified atom stereocenters. The Bertz CT molecular complexity index is 1490. The molecule has 4 fully saturated rings. The van der Waals surface area contributed by atoms with Gasteiger partial charge in [0.1, 0.15) is 6.04 Å². The molecule has 5 heterocycles. The number of hydrogen-bond acceptors (Lipinski definition) is 5. The minimum atomic E-state index is -0.578. The molecule has 8 rings (SSSR count). The summed E-state index contributed by atoms with van der Waals surface area (Å²) in [5.74, 6) is -0.757. The van der Waals surface area contributed by atoms with E-state index in [9.17, 15) is 14.4 Å². The molecule has 0 radical (unpaired) electrons. The molecule has 5 aliphatic heterocycles. The molecule has 3 atom stereocenters. The lowest BCUT2D eigenvalue weighted by molar-refractivity contribution is -0.136. The van der Waals surface area contributed by atoms with Crippen molar-refractivity contribution in [2.75, 3.05) is 13.1 Å². The van der Waals surface area contributed by atoms with E-state index in [1.165, 1.54) is 28.7 Å². The molecule has 0 aliphatic carbocycles. The van der Waals surface area contributed by atoms with E-state index in [-0.39, 0.29) is 24.1 Å². The molecule has 3 amide bonds. The number of benzene rings is 3. The van der Waals surface area contributed by atoms with Gasteiger partial charge >= 0.3 is 0 Å². The first-order valence-electron chi connectivity index (χ1n) is 14.0. The zero-order chi connectivity index (χ0) is 27.4. The summed E-state index contributed by atoms with van der Waals surface area (Å²) in [6, 6.07) is 23.3. The van der Waals surface area contributed by atoms with Gasteiger partial charge in [-0.3, -0.25) is 29.5 Å². The fourth-order valence-electron chi connectivity index (χ4n) is 6.91. The normalized spacial score (nSPS) is 24.6. The molecule has 7 nitrogen and oxygen atoms in total. The zero-order valence-electron chi connectivity index (χ0n) is 22.2. The van der Waals surface area contributed by atoms with Gasteiger partial charge in [-0.25, -0.2) is 0 Å². The van der Waals surface area contributed by atoms with Crippen molar-refractivity contribution >= 4 is 29.3 Å². The molecule has 3 aromatic carbocycles. The van der Waals surface area contributed by atoms with Gasteiger partial charge in [0.05, 0.1) is 0 Å². The van der Waals surface area contributed by atoms with Crippen molar-refractivity contribution in [3.8, 4) is 11.1 Å². The first-order valence-corrected chi connectivity index (χ1v) is 14.4. The van der Waals surface area contributed by atoms with Gasteiger partial charge in [0.2, 0.25) is 11.8 Å². The van der Waals surface area contributed by atoms with Crippen LogP contribution in [0.5, 0.6) is 0 Å². The minimum absolute atomic E-state index is 0.121. The van der Waals surface area contributed by atoms with Gasteiger partial charge in [0.25, 0.3) is 5.91 Å².